The summed E-state index contributed by atoms with van der Waals surface area (Å²) >= 11 is 0. The third-order valence-corrected chi connectivity index (χ3v) is 17.9. The maximum absolute atomic E-state index is 12.5. The lowest BCUT2D eigenvalue weighted by Gasteiger charge is -2.20. The zero-order valence-electron chi connectivity index (χ0n) is 56.9. The molecule has 2 atom stereocenters. The molecule has 496 valence electrons. The lowest BCUT2D eigenvalue weighted by atomic mass is 10.0. The van der Waals surface area contributed by atoms with E-state index in [1.807, 2.05) is 6.08 Å². The highest BCUT2D eigenvalue weighted by Gasteiger charge is 2.18. The summed E-state index contributed by atoms with van der Waals surface area (Å²) in [5.41, 5.74) is 0. The van der Waals surface area contributed by atoms with Crippen LogP contribution in [0.25, 0.3) is 0 Å². The fourth-order valence-electron chi connectivity index (χ4n) is 12.0. The van der Waals surface area contributed by atoms with Crippen molar-refractivity contribution in [3.8, 4) is 0 Å². The molecule has 3 N–H and O–H groups in total. The number of aliphatic hydroxyl groups excluding tert-OH is 2. The summed E-state index contributed by atoms with van der Waals surface area (Å²) in [7, 11) is 0. The van der Waals surface area contributed by atoms with Crippen LogP contribution < -0.4 is 5.32 Å². The van der Waals surface area contributed by atoms with Crippen molar-refractivity contribution in [1.29, 1.82) is 0 Å². The third-order valence-electron chi connectivity index (χ3n) is 17.9. The molecule has 0 fully saturated rings. The number of esters is 1. The van der Waals surface area contributed by atoms with Crippen molar-refractivity contribution >= 4 is 11.9 Å². The maximum Gasteiger partial charge on any atom is 0.305 e. The van der Waals surface area contributed by atoms with Gasteiger partial charge in [0, 0.05) is 12.8 Å². The molecule has 6 nitrogen and oxygen atoms in total. The van der Waals surface area contributed by atoms with E-state index in [2.05, 4.69) is 43.5 Å². The average Bonchev–Trinajstić information content (AvgIpc) is 3.51. The summed E-state index contributed by atoms with van der Waals surface area (Å²) in [5, 5.41) is 23.3. The smallest absolute Gasteiger partial charge is 0.305 e. The normalized spacial score (nSPS) is 12.7. The number of amides is 1. The molecule has 0 aliphatic rings. The topological polar surface area (TPSA) is 95.9 Å². The van der Waals surface area contributed by atoms with Crippen molar-refractivity contribution < 1.29 is 24.5 Å². The molecule has 2 unspecified atom stereocenters. The van der Waals surface area contributed by atoms with Crippen LogP contribution in [0.5, 0.6) is 0 Å². The van der Waals surface area contributed by atoms with E-state index in [0.29, 0.717) is 19.4 Å². The molecule has 0 aromatic heterocycles. The summed E-state index contributed by atoms with van der Waals surface area (Å²) in [6.07, 6.45) is 95.4. The van der Waals surface area contributed by atoms with Crippen molar-refractivity contribution in [1.82, 2.24) is 5.32 Å². The zero-order valence-corrected chi connectivity index (χ0v) is 56.9. The van der Waals surface area contributed by atoms with Gasteiger partial charge in [-0.3, -0.25) is 9.59 Å². The van der Waals surface area contributed by atoms with Gasteiger partial charge in [0.15, 0.2) is 0 Å². The molecule has 0 bridgehead atoms. The third kappa shape index (κ3) is 69.2. The van der Waals surface area contributed by atoms with Gasteiger partial charge in [-0.25, -0.2) is 0 Å². The number of ether oxygens (including phenoxy) is 1. The number of rotatable bonds is 72. The van der Waals surface area contributed by atoms with Gasteiger partial charge in [0.05, 0.1) is 25.4 Å². The van der Waals surface area contributed by atoms with Crippen molar-refractivity contribution in [3.05, 3.63) is 36.5 Å². The molecule has 0 rings (SSSR count). The maximum atomic E-state index is 12.5. The molecule has 6 heteroatoms. The van der Waals surface area contributed by atoms with Gasteiger partial charge in [-0.1, -0.05) is 365 Å². The number of carbonyl (C=O) groups excluding carboxylic acids is 2. The van der Waals surface area contributed by atoms with E-state index < -0.39 is 12.1 Å². The number of hydrogen-bond acceptors (Lipinski definition) is 5. The molecular weight excluding hydrogens is 1030 g/mol. The Morgan fingerprint density at radius 3 is 0.845 bits per heavy atom. The number of carbonyl (C=O) groups is 2. The van der Waals surface area contributed by atoms with Gasteiger partial charge < -0.3 is 20.3 Å². The first kappa shape index (κ1) is 82.1. The molecule has 0 saturated heterocycles. The van der Waals surface area contributed by atoms with Crippen molar-refractivity contribution in [2.45, 2.75) is 437 Å². The first-order valence-electron chi connectivity index (χ1n) is 38.3. The lowest BCUT2D eigenvalue weighted by molar-refractivity contribution is -0.143. The van der Waals surface area contributed by atoms with Gasteiger partial charge >= 0.3 is 5.97 Å². The number of unbranched alkanes of at least 4 members (excludes halogenated alkanes) is 57. The Bertz CT molecular complexity index is 1360. The first-order chi connectivity index (χ1) is 41.5. The second-order valence-corrected chi connectivity index (χ2v) is 26.3. The predicted molar refractivity (Wildman–Crippen MR) is 370 cm³/mol. The van der Waals surface area contributed by atoms with Crippen LogP contribution in [-0.4, -0.2) is 47.4 Å². The quantitative estimate of drug-likeness (QED) is 0.0320. The molecule has 84 heavy (non-hydrogen) atoms. The van der Waals surface area contributed by atoms with Gasteiger partial charge in [-0.15, -0.1) is 0 Å². The van der Waals surface area contributed by atoms with Crippen molar-refractivity contribution in [2.75, 3.05) is 13.2 Å². The minimum absolute atomic E-state index is 0.00885. The van der Waals surface area contributed by atoms with Gasteiger partial charge in [0.2, 0.25) is 5.91 Å². The summed E-state index contributed by atoms with van der Waals surface area (Å²) < 4.78 is 5.49. The Morgan fingerprint density at radius 2 is 0.560 bits per heavy atom. The largest absolute Gasteiger partial charge is 0.466 e. The van der Waals surface area contributed by atoms with E-state index in [1.165, 1.54) is 353 Å². The van der Waals surface area contributed by atoms with Gasteiger partial charge in [0.25, 0.3) is 0 Å². The minimum Gasteiger partial charge on any atom is -0.466 e. The van der Waals surface area contributed by atoms with Crippen LogP contribution in [0.4, 0.5) is 0 Å². The number of aliphatic hydroxyl groups is 2. The van der Waals surface area contributed by atoms with Crippen LogP contribution >= 0.6 is 0 Å². The SMILES string of the molecule is CCCCCCC/C=C\CCCCCCCC(=O)OCCCCCCCCCCCCCC/C=C\CCCCCCCCCCCCCCCCC(=O)NC(CO)C(O)/C=C/CCCCCCCCCCCCCCCCCCCCCCC. The van der Waals surface area contributed by atoms with E-state index in [1.54, 1.807) is 6.08 Å². The summed E-state index contributed by atoms with van der Waals surface area (Å²) in [5.74, 6) is -0.0531. The van der Waals surface area contributed by atoms with Crippen LogP contribution in [-0.2, 0) is 14.3 Å². The van der Waals surface area contributed by atoms with E-state index >= 15 is 0 Å². The molecule has 0 aliphatic heterocycles. The van der Waals surface area contributed by atoms with Crippen LogP contribution in [0.2, 0.25) is 0 Å². The Labute approximate surface area is 525 Å². The fraction of sp³-hybridized carbons (Fsp3) is 0.897. The highest BCUT2D eigenvalue weighted by atomic mass is 16.5. The summed E-state index contributed by atoms with van der Waals surface area (Å²) in [4.78, 5) is 24.6. The van der Waals surface area contributed by atoms with E-state index in [-0.39, 0.29) is 18.5 Å². The standard InChI is InChI=1S/C78H149NO5/c1-3-5-7-9-11-13-15-17-19-20-21-22-31-34-37-40-43-46-50-54-58-62-66-70-76(81)75(74-80)79-77(82)71-67-63-59-55-51-47-44-41-38-35-32-29-27-25-23-24-26-28-30-33-36-39-42-45-49-53-57-61-65-69-73-84-78(83)72-68-64-60-56-52-48-18-16-14-12-10-8-6-4-2/h16,18,24,26,66,70,75-76,80-81H,3-15,17,19-23,25,27-65,67-69,71-74H2,1-2H3,(H,79,82)/b18-16-,26-24-,70-66+. The molecule has 0 aromatic carbocycles. The predicted octanol–water partition coefficient (Wildman–Crippen LogP) is 25.0. The Morgan fingerprint density at radius 1 is 0.321 bits per heavy atom. The van der Waals surface area contributed by atoms with E-state index in [9.17, 15) is 19.8 Å². The molecule has 1 amide bonds. The van der Waals surface area contributed by atoms with Gasteiger partial charge in [-0.05, 0) is 83.5 Å². The Hall–Kier alpha value is -1.92. The zero-order chi connectivity index (χ0) is 60.6. The van der Waals surface area contributed by atoms with E-state index in [0.717, 1.165) is 44.9 Å². The van der Waals surface area contributed by atoms with Gasteiger partial charge in [-0.2, -0.15) is 0 Å². The fourth-order valence-corrected chi connectivity index (χ4v) is 12.0. The van der Waals surface area contributed by atoms with Crippen molar-refractivity contribution in [2.24, 2.45) is 0 Å². The van der Waals surface area contributed by atoms with Gasteiger partial charge in [0.1, 0.15) is 0 Å². The number of allylic oxidation sites excluding steroid dienone is 5. The highest BCUT2D eigenvalue weighted by Crippen LogP contribution is 2.19. The first-order valence-corrected chi connectivity index (χ1v) is 38.3. The Kier molecular flexibility index (Phi) is 71.9. The second-order valence-electron chi connectivity index (χ2n) is 26.3. The molecule has 0 radical (unpaired) electrons. The molecular formula is C78H149NO5. The minimum atomic E-state index is -0.845. The average molecular weight is 1180 g/mol. The molecule has 0 aliphatic carbocycles. The monoisotopic (exact) mass is 1180 g/mol. The van der Waals surface area contributed by atoms with Crippen molar-refractivity contribution in [3.63, 3.8) is 0 Å². The Balaban J connectivity index is 3.39. The summed E-state index contributed by atoms with van der Waals surface area (Å²) in [6.45, 7) is 4.93. The second kappa shape index (κ2) is 73.5. The van der Waals surface area contributed by atoms with E-state index in [4.69, 9.17) is 4.74 Å². The van der Waals surface area contributed by atoms with Crippen LogP contribution in [0.15, 0.2) is 36.5 Å². The molecule has 0 saturated carbocycles. The summed E-state index contributed by atoms with van der Waals surface area (Å²) in [6, 6.07) is -0.628. The van der Waals surface area contributed by atoms with Crippen LogP contribution in [0, 0.1) is 0 Å². The van der Waals surface area contributed by atoms with Crippen LogP contribution in [0.3, 0.4) is 0 Å². The number of hydrogen-bond donors (Lipinski definition) is 3. The molecule has 0 spiro atoms. The molecule has 0 heterocycles. The highest BCUT2D eigenvalue weighted by molar-refractivity contribution is 5.76. The van der Waals surface area contributed by atoms with Crippen LogP contribution in [0.1, 0.15) is 425 Å². The number of nitrogens with one attached hydrogen (secondary N) is 1. The lowest BCUT2D eigenvalue weighted by Crippen LogP contribution is -2.45. The molecule has 0 aromatic rings.